The minimum absolute atomic E-state index is 0.143. The van der Waals surface area contributed by atoms with E-state index in [9.17, 15) is 9.59 Å². The van der Waals surface area contributed by atoms with Crippen LogP contribution in [-0.4, -0.2) is 37.2 Å². The van der Waals surface area contributed by atoms with Gasteiger partial charge in [0.25, 0.3) is 0 Å². The van der Waals surface area contributed by atoms with Gasteiger partial charge in [-0.2, -0.15) is 9.78 Å². The number of hydrogen-bond acceptors (Lipinski definition) is 10. The summed E-state index contributed by atoms with van der Waals surface area (Å²) in [6, 6.07) is 0. The van der Waals surface area contributed by atoms with Crippen molar-refractivity contribution < 1.29 is 48.7 Å². The molecular formula is C16H26O10. The number of carbonyl (C=O) groups is 2. The van der Waals surface area contributed by atoms with Crippen LogP contribution in [0.3, 0.4) is 0 Å². The van der Waals surface area contributed by atoms with Crippen molar-refractivity contribution in [2.75, 3.05) is 13.2 Å². The maximum absolute atomic E-state index is 11.0. The lowest BCUT2D eigenvalue weighted by Gasteiger charge is -2.19. The number of ether oxygens (including phenoxy) is 2. The van der Waals surface area contributed by atoms with Crippen LogP contribution in [0.2, 0.25) is 0 Å². The summed E-state index contributed by atoms with van der Waals surface area (Å²) in [4.78, 5) is 40.3. The monoisotopic (exact) mass is 378 g/mol. The number of carbonyl (C=O) groups excluding carboxylic acids is 2. The van der Waals surface area contributed by atoms with Crippen LogP contribution in [0.15, 0.2) is 0 Å². The molecule has 0 aliphatic carbocycles. The summed E-state index contributed by atoms with van der Waals surface area (Å²) in [6.07, 6.45) is -2.12. The van der Waals surface area contributed by atoms with Crippen LogP contribution in [0.1, 0.15) is 48.0 Å². The van der Waals surface area contributed by atoms with Gasteiger partial charge in [-0.05, 0) is 51.1 Å². The summed E-state index contributed by atoms with van der Waals surface area (Å²) in [7, 11) is 0. The summed E-state index contributed by atoms with van der Waals surface area (Å²) in [5.41, 5.74) is -1.04. The molecular weight excluding hydrogens is 352 g/mol. The Kier molecular flexibility index (Phi) is 12.1. The Hall–Kier alpha value is -2.06. The average molecular weight is 378 g/mol. The quantitative estimate of drug-likeness (QED) is 0.243. The van der Waals surface area contributed by atoms with E-state index in [0.29, 0.717) is 6.42 Å². The minimum Gasteiger partial charge on any atom is -0.433 e. The standard InChI is InChI=1S/C16H26O10/c1-7-16(6,24-26-23-15(18)20-9-3)11-10-12(4)13(5)21-25-22-14(17)19-8-2/h12-13H,7-9H2,1-6H3. The summed E-state index contributed by atoms with van der Waals surface area (Å²) in [5.74, 6) is 5.43. The highest BCUT2D eigenvalue weighted by Gasteiger charge is 2.24. The Morgan fingerprint density at radius 2 is 1.50 bits per heavy atom. The molecule has 0 aliphatic heterocycles. The second-order valence-corrected chi connectivity index (χ2v) is 5.20. The van der Waals surface area contributed by atoms with Crippen molar-refractivity contribution in [1.29, 1.82) is 0 Å². The summed E-state index contributed by atoms with van der Waals surface area (Å²) in [6.45, 7) is 10.4. The Morgan fingerprint density at radius 3 is 2.00 bits per heavy atom. The van der Waals surface area contributed by atoms with Crippen LogP contribution in [0.25, 0.3) is 0 Å². The van der Waals surface area contributed by atoms with Crippen molar-refractivity contribution in [3.63, 3.8) is 0 Å². The zero-order chi connectivity index (χ0) is 20.0. The largest absolute Gasteiger partial charge is 0.542 e. The van der Waals surface area contributed by atoms with E-state index in [0.717, 1.165) is 0 Å². The number of hydrogen-bond donors (Lipinski definition) is 0. The predicted octanol–water partition coefficient (Wildman–Crippen LogP) is 3.26. The fourth-order valence-corrected chi connectivity index (χ4v) is 1.15. The van der Waals surface area contributed by atoms with Gasteiger partial charge in [-0.25, -0.2) is 19.4 Å². The lowest BCUT2D eigenvalue weighted by molar-refractivity contribution is -0.511. The van der Waals surface area contributed by atoms with Crippen LogP contribution in [-0.2, 0) is 39.1 Å². The van der Waals surface area contributed by atoms with Crippen LogP contribution in [0.5, 0.6) is 0 Å². The molecule has 10 nitrogen and oxygen atoms in total. The van der Waals surface area contributed by atoms with E-state index in [4.69, 9.17) is 9.78 Å². The van der Waals surface area contributed by atoms with Gasteiger partial charge in [-0.3, -0.25) is 0 Å². The van der Waals surface area contributed by atoms with Gasteiger partial charge >= 0.3 is 12.3 Å². The van der Waals surface area contributed by atoms with E-state index in [1.807, 2.05) is 6.92 Å². The topological polar surface area (TPSA) is 108 Å². The van der Waals surface area contributed by atoms with Gasteiger partial charge in [-0.1, -0.05) is 18.8 Å². The summed E-state index contributed by atoms with van der Waals surface area (Å²) < 4.78 is 9.00. The molecule has 0 N–H and O–H groups in total. The van der Waals surface area contributed by atoms with Gasteiger partial charge in [0.2, 0.25) is 0 Å². The maximum atomic E-state index is 11.0. The second-order valence-electron chi connectivity index (χ2n) is 5.20. The SMILES string of the molecule is CCOC(=O)OOOC(C)C(C)C#CC(C)(CC)OOOC(=O)OCC. The molecule has 0 amide bonds. The first-order chi connectivity index (χ1) is 12.3. The molecule has 0 aromatic rings. The molecule has 0 fully saturated rings. The molecule has 3 unspecified atom stereocenters. The fourth-order valence-electron chi connectivity index (χ4n) is 1.15. The second kappa shape index (κ2) is 13.2. The third-order valence-corrected chi connectivity index (χ3v) is 3.08. The van der Waals surface area contributed by atoms with Gasteiger partial charge in [0, 0.05) is 5.92 Å². The van der Waals surface area contributed by atoms with Crippen LogP contribution in [0.4, 0.5) is 9.59 Å². The molecule has 26 heavy (non-hydrogen) atoms. The molecule has 0 aromatic carbocycles. The van der Waals surface area contributed by atoms with E-state index in [2.05, 4.69) is 41.2 Å². The number of rotatable bonds is 10. The van der Waals surface area contributed by atoms with Crippen molar-refractivity contribution in [2.45, 2.75) is 59.7 Å². The molecule has 150 valence electrons. The molecule has 0 radical (unpaired) electrons. The van der Waals surface area contributed by atoms with Crippen molar-refractivity contribution in [2.24, 2.45) is 5.92 Å². The normalized spacial score (nSPS) is 14.8. The first-order valence-corrected chi connectivity index (χ1v) is 8.16. The molecule has 0 aliphatic rings. The third kappa shape index (κ3) is 10.7. The maximum Gasteiger partial charge on any atom is 0.542 e. The van der Waals surface area contributed by atoms with E-state index in [-0.39, 0.29) is 19.1 Å². The van der Waals surface area contributed by atoms with Crippen molar-refractivity contribution in [3.8, 4) is 11.8 Å². The Balaban J connectivity index is 4.41. The molecule has 0 saturated carbocycles. The average Bonchev–Trinajstić information content (AvgIpc) is 2.60. The highest BCUT2D eigenvalue weighted by atomic mass is 17.5. The van der Waals surface area contributed by atoms with Crippen molar-refractivity contribution >= 4 is 12.3 Å². The van der Waals surface area contributed by atoms with E-state index in [1.165, 1.54) is 0 Å². The lowest BCUT2D eigenvalue weighted by atomic mass is 10.0. The molecule has 3 atom stereocenters. The first-order valence-electron chi connectivity index (χ1n) is 8.16. The minimum atomic E-state index is -1.04. The molecule has 0 rings (SSSR count). The molecule has 0 heterocycles. The Bertz CT molecular complexity index is 483. The smallest absolute Gasteiger partial charge is 0.433 e. The van der Waals surface area contributed by atoms with Crippen LogP contribution < -0.4 is 0 Å². The third-order valence-electron chi connectivity index (χ3n) is 3.08. The molecule has 0 aromatic heterocycles. The summed E-state index contributed by atoms with van der Waals surface area (Å²) in [5, 5.41) is 8.74. The molecule has 0 spiro atoms. The predicted molar refractivity (Wildman–Crippen MR) is 85.7 cm³/mol. The molecule has 0 saturated heterocycles. The van der Waals surface area contributed by atoms with E-state index < -0.39 is 24.0 Å². The highest BCUT2D eigenvalue weighted by Crippen LogP contribution is 2.16. The lowest BCUT2D eigenvalue weighted by Crippen LogP contribution is -2.27. The van der Waals surface area contributed by atoms with Gasteiger partial charge < -0.3 is 9.47 Å². The highest BCUT2D eigenvalue weighted by molar-refractivity contribution is 5.59. The van der Waals surface area contributed by atoms with E-state index in [1.54, 1.807) is 34.6 Å². The zero-order valence-electron chi connectivity index (χ0n) is 15.9. The summed E-state index contributed by atoms with van der Waals surface area (Å²) >= 11 is 0. The van der Waals surface area contributed by atoms with Crippen LogP contribution >= 0.6 is 0 Å². The van der Waals surface area contributed by atoms with Gasteiger partial charge in [0.05, 0.1) is 13.2 Å². The van der Waals surface area contributed by atoms with Crippen molar-refractivity contribution in [3.05, 3.63) is 0 Å². The molecule has 0 bridgehead atoms. The van der Waals surface area contributed by atoms with Crippen LogP contribution in [0, 0.1) is 17.8 Å². The first kappa shape index (κ1) is 23.9. The van der Waals surface area contributed by atoms with Gasteiger partial charge in [0.1, 0.15) is 6.10 Å². The Morgan fingerprint density at radius 1 is 0.962 bits per heavy atom. The molecule has 10 heteroatoms. The zero-order valence-corrected chi connectivity index (χ0v) is 15.9. The van der Waals surface area contributed by atoms with Gasteiger partial charge in [-0.15, -0.1) is 0 Å². The Labute approximate surface area is 152 Å². The van der Waals surface area contributed by atoms with Crippen molar-refractivity contribution in [1.82, 2.24) is 0 Å². The van der Waals surface area contributed by atoms with E-state index >= 15 is 0 Å². The fraction of sp³-hybridized carbons (Fsp3) is 0.750. The van der Waals surface area contributed by atoms with Gasteiger partial charge in [0.15, 0.2) is 5.60 Å².